The maximum Gasteiger partial charge on any atom is 0.195 e. The Bertz CT molecular complexity index is 240. The summed E-state index contributed by atoms with van der Waals surface area (Å²) in [5.41, 5.74) is 0. The Morgan fingerprint density at radius 3 is 2.05 bits per heavy atom. The minimum absolute atomic E-state index is 0.238. The average Bonchev–Trinajstić information content (AvgIpc) is 2.31. The van der Waals surface area contributed by atoms with Gasteiger partial charge in [0, 0.05) is 33.9 Å². The van der Waals surface area contributed by atoms with Crippen molar-refractivity contribution in [1.29, 1.82) is 0 Å². The Kier molecular flexibility index (Phi) is 11.0. The van der Waals surface area contributed by atoms with Gasteiger partial charge in [-0.1, -0.05) is 52.1 Å². The normalized spacial score (nSPS) is 12.1. The van der Waals surface area contributed by atoms with Crippen molar-refractivity contribution >= 4 is 14.8 Å². The van der Waals surface area contributed by atoms with Gasteiger partial charge in [-0.25, -0.2) is 0 Å². The van der Waals surface area contributed by atoms with E-state index in [0.717, 1.165) is 18.7 Å². The first-order valence-electron chi connectivity index (χ1n) is 7.71. The second-order valence-corrected chi connectivity index (χ2v) is 8.64. The first-order valence-corrected chi connectivity index (χ1v) is 10.4. The Morgan fingerprint density at radius 2 is 1.53 bits per heavy atom. The van der Waals surface area contributed by atoms with Crippen LogP contribution in [0.25, 0.3) is 0 Å². The molecule has 0 heterocycles. The summed E-state index contributed by atoms with van der Waals surface area (Å²) in [4.78, 5) is 9.23. The van der Waals surface area contributed by atoms with E-state index < -0.39 is 0 Å². The van der Waals surface area contributed by atoms with Crippen molar-refractivity contribution < 1.29 is 0 Å². The molecule has 19 heavy (non-hydrogen) atoms. The van der Waals surface area contributed by atoms with Crippen molar-refractivity contribution in [3.63, 3.8) is 0 Å². The van der Waals surface area contributed by atoms with E-state index in [1.807, 2.05) is 0 Å². The fourth-order valence-corrected chi connectivity index (χ4v) is 3.31. The Morgan fingerprint density at radius 1 is 0.947 bits per heavy atom. The quantitative estimate of drug-likeness (QED) is 0.279. The van der Waals surface area contributed by atoms with Gasteiger partial charge >= 0.3 is 0 Å². The van der Waals surface area contributed by atoms with Crippen LogP contribution in [-0.2, 0) is 0 Å². The van der Waals surface area contributed by atoms with Crippen LogP contribution in [0.1, 0.15) is 45.4 Å². The lowest BCUT2D eigenvalue weighted by Crippen LogP contribution is -2.42. The predicted molar refractivity (Wildman–Crippen MR) is 89.5 cm³/mol. The molecule has 0 saturated heterocycles. The highest BCUT2D eigenvalue weighted by Crippen LogP contribution is 2.05. The molecule has 0 unspecified atom stereocenters. The molecule has 0 aromatic carbocycles. The smallest absolute Gasteiger partial charge is 0.195 e. The van der Waals surface area contributed by atoms with Gasteiger partial charge in [-0.3, -0.25) is 4.99 Å². The first kappa shape index (κ1) is 18.5. The molecular weight excluding hydrogens is 250 g/mol. The zero-order valence-electron chi connectivity index (χ0n) is 14.0. The van der Waals surface area contributed by atoms with E-state index in [0.29, 0.717) is 0 Å². The third-order valence-corrected chi connectivity index (χ3v) is 4.17. The van der Waals surface area contributed by atoms with Crippen LogP contribution in [0, 0.1) is 0 Å². The first-order chi connectivity index (χ1) is 8.99. The van der Waals surface area contributed by atoms with E-state index >= 15 is 0 Å². The molecule has 0 rings (SSSR count). The number of hydrogen-bond acceptors (Lipinski definition) is 1. The van der Waals surface area contributed by atoms with Crippen molar-refractivity contribution in [3.05, 3.63) is 0 Å². The van der Waals surface area contributed by atoms with Crippen LogP contribution in [0.5, 0.6) is 0 Å². The molecule has 0 aliphatic rings. The summed E-state index contributed by atoms with van der Waals surface area (Å²) in [5, 5.41) is 0. The highest BCUT2D eigenvalue weighted by Gasteiger charge is 2.10. The van der Waals surface area contributed by atoms with Crippen LogP contribution in [0.4, 0.5) is 0 Å². The largest absolute Gasteiger partial charge is 0.349 e. The van der Waals surface area contributed by atoms with Crippen LogP contribution in [0.2, 0.25) is 13.1 Å². The predicted octanol–water partition coefficient (Wildman–Crippen LogP) is 3.49. The molecule has 0 saturated carbocycles. The van der Waals surface area contributed by atoms with Crippen LogP contribution >= 0.6 is 0 Å². The molecule has 0 amide bonds. The van der Waals surface area contributed by atoms with Gasteiger partial charge < -0.3 is 9.80 Å². The van der Waals surface area contributed by atoms with Gasteiger partial charge in [-0.05, 0) is 6.42 Å². The number of guanidine groups is 1. The van der Waals surface area contributed by atoms with E-state index in [1.54, 1.807) is 0 Å². The fraction of sp³-hybridized carbons (Fsp3) is 0.933. The van der Waals surface area contributed by atoms with E-state index in [-0.39, 0.29) is 8.80 Å². The summed E-state index contributed by atoms with van der Waals surface area (Å²) < 4.78 is 0. The summed E-state index contributed by atoms with van der Waals surface area (Å²) in [6.07, 6.45) is 9.18. The van der Waals surface area contributed by atoms with Gasteiger partial charge in [0.05, 0.1) is 8.80 Å². The number of nitrogens with zero attached hydrogens (tertiary/aromatic N) is 3. The summed E-state index contributed by atoms with van der Waals surface area (Å²) in [5.74, 6) is 1.14. The van der Waals surface area contributed by atoms with Crippen LogP contribution < -0.4 is 0 Å². The molecule has 0 aromatic heterocycles. The second-order valence-electron chi connectivity index (χ2n) is 5.91. The fourth-order valence-electron chi connectivity index (χ4n) is 2.22. The summed E-state index contributed by atoms with van der Waals surface area (Å²) in [6.45, 7) is 7.93. The second kappa shape index (κ2) is 11.3. The molecule has 0 bridgehead atoms. The van der Waals surface area contributed by atoms with Gasteiger partial charge in [0.2, 0.25) is 0 Å². The molecule has 0 fully saturated rings. The molecule has 1 radical (unpaired) electrons. The number of aliphatic imine (C=N–C) groups is 1. The van der Waals surface area contributed by atoms with Gasteiger partial charge in [0.15, 0.2) is 5.96 Å². The molecule has 0 aromatic rings. The maximum atomic E-state index is 4.78. The van der Waals surface area contributed by atoms with Crippen molar-refractivity contribution in [2.45, 2.75) is 58.5 Å². The highest BCUT2D eigenvalue weighted by molar-refractivity contribution is 6.56. The lowest BCUT2D eigenvalue weighted by atomic mass is 10.1. The van der Waals surface area contributed by atoms with Crippen molar-refractivity contribution in [3.8, 4) is 0 Å². The third-order valence-electron chi connectivity index (χ3n) is 3.06. The van der Waals surface area contributed by atoms with Gasteiger partial charge in [-0.15, -0.1) is 0 Å². The Labute approximate surface area is 122 Å². The SMILES string of the molecule is CCCCCCCCN=C(N(C)C)N(C)C[Si](C)C. The van der Waals surface area contributed by atoms with Gasteiger partial charge in [-0.2, -0.15) is 0 Å². The van der Waals surface area contributed by atoms with Gasteiger partial charge in [0.25, 0.3) is 0 Å². The minimum Gasteiger partial charge on any atom is -0.349 e. The molecule has 0 aliphatic heterocycles. The average molecular weight is 285 g/mol. The van der Waals surface area contributed by atoms with E-state index in [9.17, 15) is 0 Å². The lowest BCUT2D eigenvalue weighted by molar-refractivity contribution is 0.462. The van der Waals surface area contributed by atoms with E-state index in [4.69, 9.17) is 4.99 Å². The number of hydrogen-bond donors (Lipinski definition) is 0. The standard InChI is InChI=1S/C15H34N3Si/c1-7-8-9-10-11-12-13-16-15(17(2)3)18(4)14-19(5)6/h7-14H2,1-6H3. The summed E-state index contributed by atoms with van der Waals surface area (Å²) in [6, 6.07) is 0. The monoisotopic (exact) mass is 284 g/mol. The molecule has 0 spiro atoms. The summed E-state index contributed by atoms with van der Waals surface area (Å²) >= 11 is 0. The van der Waals surface area contributed by atoms with E-state index in [1.165, 1.54) is 38.5 Å². The molecule has 4 heteroatoms. The van der Waals surface area contributed by atoms with Crippen LogP contribution in [0.15, 0.2) is 4.99 Å². The minimum atomic E-state index is -0.238. The zero-order valence-corrected chi connectivity index (χ0v) is 15.0. The third kappa shape index (κ3) is 9.99. The lowest BCUT2D eigenvalue weighted by Gasteiger charge is -2.27. The zero-order chi connectivity index (χ0) is 14.7. The number of unbranched alkanes of at least 4 members (excludes halogenated alkanes) is 5. The Balaban J connectivity index is 3.99. The summed E-state index contributed by atoms with van der Waals surface area (Å²) in [7, 11) is 6.11. The molecule has 0 aliphatic carbocycles. The molecule has 0 N–H and O–H groups in total. The van der Waals surface area contributed by atoms with E-state index in [2.05, 4.69) is 51.0 Å². The molecule has 113 valence electrons. The maximum absolute atomic E-state index is 4.78. The van der Waals surface area contributed by atoms with Crippen molar-refractivity contribution in [2.75, 3.05) is 33.9 Å². The highest BCUT2D eigenvalue weighted by atomic mass is 28.3. The van der Waals surface area contributed by atoms with Crippen LogP contribution in [-0.4, -0.2) is 58.4 Å². The molecule has 3 nitrogen and oxygen atoms in total. The van der Waals surface area contributed by atoms with Crippen LogP contribution in [0.3, 0.4) is 0 Å². The van der Waals surface area contributed by atoms with Crippen molar-refractivity contribution in [1.82, 2.24) is 9.80 Å². The van der Waals surface area contributed by atoms with Crippen molar-refractivity contribution in [2.24, 2.45) is 4.99 Å². The Hall–Kier alpha value is -0.513. The van der Waals surface area contributed by atoms with Gasteiger partial charge in [0.1, 0.15) is 0 Å². The molecule has 0 atom stereocenters. The number of rotatable bonds is 9. The molecular formula is C15H34N3Si. The topological polar surface area (TPSA) is 18.8 Å².